The third-order valence-corrected chi connectivity index (χ3v) is 4.09. The van der Waals surface area contributed by atoms with Gasteiger partial charge in [0.1, 0.15) is 12.4 Å². The van der Waals surface area contributed by atoms with Crippen LogP contribution in [-0.4, -0.2) is 25.1 Å². The largest absolute Gasteiger partial charge is 0.492 e. The lowest BCUT2D eigenvalue weighted by molar-refractivity contribution is 0.231. The molecule has 0 aliphatic carbocycles. The van der Waals surface area contributed by atoms with E-state index >= 15 is 0 Å². The maximum absolute atomic E-state index is 5.83. The van der Waals surface area contributed by atoms with Crippen molar-refractivity contribution in [3.63, 3.8) is 0 Å². The van der Waals surface area contributed by atoms with E-state index in [1.165, 1.54) is 5.56 Å². The third-order valence-electron chi connectivity index (χ3n) is 3.32. The first-order valence-corrected chi connectivity index (χ1v) is 7.82. The second-order valence-corrected chi connectivity index (χ2v) is 5.84. The molecule has 0 spiro atoms. The van der Waals surface area contributed by atoms with E-state index in [9.17, 15) is 0 Å². The monoisotopic (exact) mass is 348 g/mol. The molecule has 2 aromatic rings. The van der Waals surface area contributed by atoms with Gasteiger partial charge in [0, 0.05) is 29.7 Å². The molecule has 21 heavy (non-hydrogen) atoms. The van der Waals surface area contributed by atoms with E-state index in [1.807, 2.05) is 30.3 Å². The minimum absolute atomic E-state index is 0.503. The molecule has 0 aromatic heterocycles. The Labute approximate surface area is 134 Å². The Morgan fingerprint density at radius 2 is 1.71 bits per heavy atom. The summed E-state index contributed by atoms with van der Waals surface area (Å²) in [7, 11) is 2.09. The number of hydrogen-bond acceptors (Lipinski definition) is 3. The molecule has 112 valence electrons. The third kappa shape index (κ3) is 4.84. The van der Waals surface area contributed by atoms with Gasteiger partial charge in [-0.1, -0.05) is 52.3 Å². The summed E-state index contributed by atoms with van der Waals surface area (Å²) in [5, 5.41) is 0. The SMILES string of the molecule is CN(CCOc1ccccc1CN)Cc1ccccc1Br. The molecule has 3 nitrogen and oxygen atoms in total. The van der Waals surface area contributed by atoms with Crippen LogP contribution >= 0.6 is 15.9 Å². The number of rotatable bonds is 7. The van der Waals surface area contributed by atoms with E-state index in [4.69, 9.17) is 10.5 Å². The van der Waals surface area contributed by atoms with E-state index in [2.05, 4.69) is 46.1 Å². The summed E-state index contributed by atoms with van der Waals surface area (Å²) >= 11 is 3.58. The Bertz CT molecular complexity index is 574. The quantitative estimate of drug-likeness (QED) is 0.833. The summed E-state index contributed by atoms with van der Waals surface area (Å²) in [4.78, 5) is 2.24. The number of halogens is 1. The zero-order chi connectivity index (χ0) is 15.1. The molecule has 0 amide bonds. The van der Waals surface area contributed by atoms with Crippen LogP contribution in [0.1, 0.15) is 11.1 Å². The Kier molecular flexibility index (Phi) is 6.23. The van der Waals surface area contributed by atoms with Crippen LogP contribution in [0.5, 0.6) is 5.75 Å². The smallest absolute Gasteiger partial charge is 0.123 e. The lowest BCUT2D eigenvalue weighted by Gasteiger charge is -2.18. The molecule has 0 heterocycles. The Morgan fingerprint density at radius 3 is 2.43 bits per heavy atom. The van der Waals surface area contributed by atoms with Crippen molar-refractivity contribution in [2.24, 2.45) is 5.73 Å². The summed E-state index contributed by atoms with van der Waals surface area (Å²) in [5.74, 6) is 0.884. The Balaban J connectivity index is 1.82. The number of ether oxygens (including phenoxy) is 1. The molecule has 0 radical (unpaired) electrons. The molecule has 2 N–H and O–H groups in total. The van der Waals surface area contributed by atoms with Crippen LogP contribution in [0.15, 0.2) is 53.0 Å². The van der Waals surface area contributed by atoms with Crippen LogP contribution in [0.3, 0.4) is 0 Å². The summed E-state index contributed by atoms with van der Waals surface area (Å²) in [6.45, 7) is 2.91. The van der Waals surface area contributed by atoms with Gasteiger partial charge in [-0.2, -0.15) is 0 Å². The minimum Gasteiger partial charge on any atom is -0.492 e. The van der Waals surface area contributed by atoms with E-state index in [-0.39, 0.29) is 0 Å². The Morgan fingerprint density at radius 1 is 1.05 bits per heavy atom. The Hall–Kier alpha value is -1.36. The molecule has 0 bridgehead atoms. The molecule has 0 saturated heterocycles. The van der Waals surface area contributed by atoms with Crippen molar-refractivity contribution < 1.29 is 4.74 Å². The predicted octanol–water partition coefficient (Wildman–Crippen LogP) is 3.42. The number of hydrogen-bond donors (Lipinski definition) is 1. The summed E-state index contributed by atoms with van der Waals surface area (Å²) in [6, 6.07) is 16.2. The molecule has 2 aromatic carbocycles. The standard InChI is InChI=1S/C17H21BrN2O/c1-20(13-15-7-2-4-8-16(15)18)10-11-21-17-9-5-3-6-14(17)12-19/h2-9H,10-13,19H2,1H3. The van der Waals surface area contributed by atoms with Crippen molar-refractivity contribution >= 4 is 15.9 Å². The van der Waals surface area contributed by atoms with Gasteiger partial charge in [0.2, 0.25) is 0 Å². The van der Waals surface area contributed by atoms with Crippen LogP contribution in [0, 0.1) is 0 Å². The molecular formula is C17H21BrN2O. The first-order valence-electron chi connectivity index (χ1n) is 7.03. The van der Waals surface area contributed by atoms with Crippen molar-refractivity contribution in [3.8, 4) is 5.75 Å². The van der Waals surface area contributed by atoms with Gasteiger partial charge >= 0.3 is 0 Å². The fraction of sp³-hybridized carbons (Fsp3) is 0.294. The van der Waals surface area contributed by atoms with Crippen LogP contribution in [0.25, 0.3) is 0 Å². The van der Waals surface area contributed by atoms with Crippen LogP contribution < -0.4 is 10.5 Å². The van der Waals surface area contributed by atoms with Crippen LogP contribution in [-0.2, 0) is 13.1 Å². The lowest BCUT2D eigenvalue weighted by atomic mass is 10.2. The molecule has 0 atom stereocenters. The summed E-state index contributed by atoms with van der Waals surface area (Å²) in [6.07, 6.45) is 0. The number of nitrogens with zero attached hydrogens (tertiary/aromatic N) is 1. The fourth-order valence-corrected chi connectivity index (χ4v) is 2.53. The zero-order valence-corrected chi connectivity index (χ0v) is 13.8. The van der Waals surface area contributed by atoms with Crippen molar-refractivity contribution in [2.75, 3.05) is 20.2 Å². The van der Waals surface area contributed by atoms with E-state index in [0.29, 0.717) is 13.2 Å². The maximum Gasteiger partial charge on any atom is 0.123 e. The summed E-state index contributed by atoms with van der Waals surface area (Å²) in [5.41, 5.74) is 8.03. The van der Waals surface area contributed by atoms with Crippen LogP contribution in [0.2, 0.25) is 0 Å². The molecule has 0 aliphatic heterocycles. The molecule has 0 saturated carbocycles. The number of para-hydroxylation sites is 1. The number of nitrogens with two attached hydrogens (primary N) is 1. The van der Waals surface area contributed by atoms with Gasteiger partial charge in [-0.25, -0.2) is 0 Å². The van der Waals surface area contributed by atoms with E-state index in [0.717, 1.165) is 28.9 Å². The molecule has 0 aliphatic rings. The van der Waals surface area contributed by atoms with Gasteiger partial charge in [0.25, 0.3) is 0 Å². The lowest BCUT2D eigenvalue weighted by Crippen LogP contribution is -2.24. The van der Waals surface area contributed by atoms with Crippen LogP contribution in [0.4, 0.5) is 0 Å². The van der Waals surface area contributed by atoms with Gasteiger partial charge in [-0.3, -0.25) is 4.90 Å². The van der Waals surface area contributed by atoms with Crippen molar-refractivity contribution in [2.45, 2.75) is 13.1 Å². The fourth-order valence-electron chi connectivity index (χ4n) is 2.12. The second kappa shape index (κ2) is 8.17. The maximum atomic E-state index is 5.83. The highest BCUT2D eigenvalue weighted by Gasteiger charge is 2.05. The average Bonchev–Trinajstić information content (AvgIpc) is 2.50. The first kappa shape index (κ1) is 16.0. The molecule has 0 fully saturated rings. The minimum atomic E-state index is 0.503. The normalized spacial score (nSPS) is 10.9. The second-order valence-electron chi connectivity index (χ2n) is 4.99. The number of benzene rings is 2. The van der Waals surface area contributed by atoms with Gasteiger partial charge in [0.05, 0.1) is 0 Å². The predicted molar refractivity (Wildman–Crippen MR) is 90.3 cm³/mol. The topological polar surface area (TPSA) is 38.5 Å². The van der Waals surface area contributed by atoms with E-state index in [1.54, 1.807) is 0 Å². The first-order chi connectivity index (χ1) is 10.2. The summed E-state index contributed by atoms with van der Waals surface area (Å²) < 4.78 is 6.98. The van der Waals surface area contributed by atoms with Crippen molar-refractivity contribution in [1.29, 1.82) is 0 Å². The highest BCUT2D eigenvalue weighted by atomic mass is 79.9. The highest BCUT2D eigenvalue weighted by Crippen LogP contribution is 2.18. The van der Waals surface area contributed by atoms with Gasteiger partial charge in [-0.05, 0) is 24.7 Å². The molecule has 0 unspecified atom stereocenters. The number of likely N-dealkylation sites (N-methyl/N-ethyl adjacent to an activating group) is 1. The molecule has 4 heteroatoms. The van der Waals surface area contributed by atoms with Gasteiger partial charge in [-0.15, -0.1) is 0 Å². The van der Waals surface area contributed by atoms with Crippen molar-refractivity contribution in [3.05, 3.63) is 64.1 Å². The molecule has 2 rings (SSSR count). The zero-order valence-electron chi connectivity index (χ0n) is 12.3. The van der Waals surface area contributed by atoms with Crippen molar-refractivity contribution in [1.82, 2.24) is 4.90 Å². The average molecular weight is 349 g/mol. The highest BCUT2D eigenvalue weighted by molar-refractivity contribution is 9.10. The molecular weight excluding hydrogens is 328 g/mol. The van der Waals surface area contributed by atoms with E-state index < -0.39 is 0 Å². The van der Waals surface area contributed by atoms with Gasteiger partial charge < -0.3 is 10.5 Å². The van der Waals surface area contributed by atoms with Gasteiger partial charge in [0.15, 0.2) is 0 Å².